The summed E-state index contributed by atoms with van der Waals surface area (Å²) in [6.07, 6.45) is -2.35. The number of hydrogen-bond acceptors (Lipinski definition) is 2. The molecule has 3 nitrogen and oxygen atoms in total. The van der Waals surface area contributed by atoms with Gasteiger partial charge in [-0.25, -0.2) is 0 Å². The molecule has 20 heavy (non-hydrogen) atoms. The molecule has 1 atom stereocenters. The highest BCUT2D eigenvalue weighted by molar-refractivity contribution is 5.93. The first-order valence-corrected chi connectivity index (χ1v) is 6.56. The molecular formula is C14H17F3N2O. The first-order valence-electron chi connectivity index (χ1n) is 6.56. The minimum atomic E-state index is -4.22. The van der Waals surface area contributed by atoms with Crippen LogP contribution in [0.1, 0.15) is 31.4 Å². The van der Waals surface area contributed by atoms with Gasteiger partial charge in [0.2, 0.25) is 5.91 Å². The zero-order valence-corrected chi connectivity index (χ0v) is 11.1. The second-order valence-corrected chi connectivity index (χ2v) is 5.10. The molecule has 2 N–H and O–H groups in total. The number of amides is 1. The zero-order valence-electron chi connectivity index (χ0n) is 11.1. The minimum absolute atomic E-state index is 0.0148. The molecule has 110 valence electrons. The lowest BCUT2D eigenvalue weighted by Gasteiger charge is -2.16. The van der Waals surface area contributed by atoms with Crippen LogP contribution in [-0.2, 0) is 4.79 Å². The summed E-state index contributed by atoms with van der Waals surface area (Å²) in [5.41, 5.74) is 1.42. The minimum Gasteiger partial charge on any atom is -0.326 e. The summed E-state index contributed by atoms with van der Waals surface area (Å²) in [7, 11) is 0. The molecule has 0 radical (unpaired) electrons. The molecule has 0 aliphatic heterocycles. The van der Waals surface area contributed by atoms with Gasteiger partial charge in [0.15, 0.2) is 0 Å². The van der Waals surface area contributed by atoms with Crippen molar-refractivity contribution in [2.75, 3.05) is 11.9 Å². The van der Waals surface area contributed by atoms with Gasteiger partial charge in [0, 0.05) is 17.6 Å². The van der Waals surface area contributed by atoms with Crippen molar-refractivity contribution in [3.8, 4) is 0 Å². The predicted octanol–water partition coefficient (Wildman–Crippen LogP) is 3.25. The van der Waals surface area contributed by atoms with Gasteiger partial charge in [-0.15, -0.1) is 0 Å². The molecule has 0 heterocycles. The highest BCUT2D eigenvalue weighted by atomic mass is 19.4. The van der Waals surface area contributed by atoms with Crippen molar-refractivity contribution in [1.82, 2.24) is 5.32 Å². The highest BCUT2D eigenvalue weighted by Crippen LogP contribution is 2.30. The SMILES string of the molecule is C[C@H](NCC(F)(F)F)c1ccc(NC(=O)C2CC2)cc1. The Balaban J connectivity index is 1.88. The van der Waals surface area contributed by atoms with E-state index in [9.17, 15) is 18.0 Å². The Morgan fingerprint density at radius 1 is 1.30 bits per heavy atom. The second-order valence-electron chi connectivity index (χ2n) is 5.10. The standard InChI is InChI=1S/C14H17F3N2O/c1-9(18-8-14(15,16)17)10-4-6-12(7-5-10)19-13(20)11-2-3-11/h4-7,9,11,18H,2-3,8H2,1H3,(H,19,20)/t9-/m0/s1. The molecule has 1 aromatic rings. The summed E-state index contributed by atoms with van der Waals surface area (Å²) >= 11 is 0. The van der Waals surface area contributed by atoms with E-state index in [0.29, 0.717) is 5.69 Å². The number of halogens is 3. The molecule has 0 aromatic heterocycles. The monoisotopic (exact) mass is 286 g/mol. The summed E-state index contributed by atoms with van der Waals surface area (Å²) in [6.45, 7) is 0.651. The third-order valence-corrected chi connectivity index (χ3v) is 3.24. The Labute approximate surface area is 115 Å². The van der Waals surface area contributed by atoms with Crippen LogP contribution in [-0.4, -0.2) is 18.6 Å². The number of carbonyl (C=O) groups excluding carboxylic acids is 1. The molecule has 6 heteroatoms. The third kappa shape index (κ3) is 4.52. The van der Waals surface area contributed by atoms with E-state index in [1.165, 1.54) is 0 Å². The van der Waals surface area contributed by atoms with Crippen LogP contribution in [0.4, 0.5) is 18.9 Å². The molecule has 0 unspecified atom stereocenters. The maximum atomic E-state index is 12.1. The predicted molar refractivity (Wildman–Crippen MR) is 70.3 cm³/mol. The number of anilines is 1. The van der Waals surface area contributed by atoms with Crippen LogP contribution in [0.25, 0.3) is 0 Å². The van der Waals surface area contributed by atoms with Crippen LogP contribution in [0.2, 0.25) is 0 Å². The van der Waals surface area contributed by atoms with Gasteiger partial charge in [-0.1, -0.05) is 12.1 Å². The fourth-order valence-electron chi connectivity index (χ4n) is 1.83. The molecule has 0 spiro atoms. The molecule has 1 aliphatic rings. The number of carbonyl (C=O) groups is 1. The van der Waals surface area contributed by atoms with E-state index in [1.54, 1.807) is 31.2 Å². The van der Waals surface area contributed by atoms with Gasteiger partial charge >= 0.3 is 6.18 Å². The molecule has 0 bridgehead atoms. The molecule has 0 saturated heterocycles. The van der Waals surface area contributed by atoms with Crippen molar-refractivity contribution < 1.29 is 18.0 Å². The largest absolute Gasteiger partial charge is 0.401 e. The summed E-state index contributed by atoms with van der Waals surface area (Å²) < 4.78 is 36.3. The van der Waals surface area contributed by atoms with Crippen LogP contribution in [0.3, 0.4) is 0 Å². The number of rotatable bonds is 5. The van der Waals surface area contributed by atoms with Gasteiger partial charge < -0.3 is 10.6 Å². The fraction of sp³-hybridized carbons (Fsp3) is 0.500. The van der Waals surface area contributed by atoms with E-state index in [2.05, 4.69) is 10.6 Å². The number of nitrogens with one attached hydrogen (secondary N) is 2. The maximum absolute atomic E-state index is 12.1. The van der Waals surface area contributed by atoms with Crippen molar-refractivity contribution in [2.45, 2.75) is 32.0 Å². The van der Waals surface area contributed by atoms with E-state index in [1.807, 2.05) is 0 Å². The van der Waals surface area contributed by atoms with Crippen molar-refractivity contribution >= 4 is 11.6 Å². The lowest BCUT2D eigenvalue weighted by Crippen LogP contribution is -2.30. The van der Waals surface area contributed by atoms with Gasteiger partial charge in [0.1, 0.15) is 0 Å². The number of alkyl halides is 3. The van der Waals surface area contributed by atoms with Crippen molar-refractivity contribution in [3.05, 3.63) is 29.8 Å². The quantitative estimate of drug-likeness (QED) is 0.872. The second kappa shape index (κ2) is 5.83. The average molecular weight is 286 g/mol. The molecular weight excluding hydrogens is 269 g/mol. The van der Waals surface area contributed by atoms with Crippen molar-refractivity contribution in [1.29, 1.82) is 0 Å². The zero-order chi connectivity index (χ0) is 14.8. The number of hydrogen-bond donors (Lipinski definition) is 2. The summed E-state index contributed by atoms with van der Waals surface area (Å²) in [5.74, 6) is 0.142. The maximum Gasteiger partial charge on any atom is 0.401 e. The smallest absolute Gasteiger partial charge is 0.326 e. The van der Waals surface area contributed by atoms with E-state index in [-0.39, 0.29) is 11.8 Å². The summed E-state index contributed by atoms with van der Waals surface area (Å²) in [6, 6.07) is 6.46. The van der Waals surface area contributed by atoms with Gasteiger partial charge in [0.05, 0.1) is 6.54 Å². The van der Waals surface area contributed by atoms with E-state index in [0.717, 1.165) is 18.4 Å². The molecule has 1 fully saturated rings. The Kier molecular flexibility index (Phi) is 4.32. The van der Waals surface area contributed by atoms with Crippen molar-refractivity contribution in [2.24, 2.45) is 5.92 Å². The summed E-state index contributed by atoms with van der Waals surface area (Å²) in [4.78, 5) is 11.6. The van der Waals surface area contributed by atoms with E-state index < -0.39 is 18.8 Å². The van der Waals surface area contributed by atoms with Crippen LogP contribution >= 0.6 is 0 Å². The molecule has 1 aromatic carbocycles. The highest BCUT2D eigenvalue weighted by Gasteiger charge is 2.29. The Hall–Kier alpha value is -1.56. The number of benzene rings is 1. The molecule has 1 saturated carbocycles. The Morgan fingerprint density at radius 3 is 2.40 bits per heavy atom. The van der Waals surface area contributed by atoms with Crippen LogP contribution < -0.4 is 10.6 Å². The lowest BCUT2D eigenvalue weighted by molar-refractivity contribution is -0.126. The summed E-state index contributed by atoms with van der Waals surface area (Å²) in [5, 5.41) is 5.20. The normalized spacial score (nSPS) is 16.8. The Bertz CT molecular complexity index is 466. The van der Waals surface area contributed by atoms with Crippen LogP contribution in [0.5, 0.6) is 0 Å². The topological polar surface area (TPSA) is 41.1 Å². The van der Waals surface area contributed by atoms with Gasteiger partial charge in [-0.05, 0) is 37.5 Å². The van der Waals surface area contributed by atoms with Crippen molar-refractivity contribution in [3.63, 3.8) is 0 Å². The fourth-order valence-corrected chi connectivity index (χ4v) is 1.83. The average Bonchev–Trinajstić information content (AvgIpc) is 3.20. The molecule has 1 amide bonds. The van der Waals surface area contributed by atoms with E-state index in [4.69, 9.17) is 0 Å². The first kappa shape index (κ1) is 14.8. The van der Waals surface area contributed by atoms with Gasteiger partial charge in [-0.2, -0.15) is 13.2 Å². The third-order valence-electron chi connectivity index (χ3n) is 3.24. The van der Waals surface area contributed by atoms with Crippen LogP contribution in [0, 0.1) is 5.92 Å². The van der Waals surface area contributed by atoms with Gasteiger partial charge in [-0.3, -0.25) is 4.79 Å². The molecule has 2 rings (SSSR count). The Morgan fingerprint density at radius 2 is 1.90 bits per heavy atom. The van der Waals surface area contributed by atoms with E-state index >= 15 is 0 Å². The van der Waals surface area contributed by atoms with Gasteiger partial charge in [0.25, 0.3) is 0 Å². The lowest BCUT2D eigenvalue weighted by atomic mass is 10.1. The van der Waals surface area contributed by atoms with Crippen LogP contribution in [0.15, 0.2) is 24.3 Å². The molecule has 1 aliphatic carbocycles. The first-order chi connectivity index (χ1) is 9.35.